The van der Waals surface area contributed by atoms with E-state index in [0.717, 1.165) is 6.07 Å². The third kappa shape index (κ3) is 5.72. The van der Waals surface area contributed by atoms with Gasteiger partial charge in [-0.05, 0) is 6.07 Å². The Labute approximate surface area is 149 Å². The molecule has 0 unspecified atom stereocenters. The van der Waals surface area contributed by atoms with Crippen molar-refractivity contribution in [2.75, 3.05) is 0 Å². The normalized spacial score (nSPS) is 13.4. The van der Waals surface area contributed by atoms with Crippen LogP contribution in [0.2, 0.25) is 15.1 Å². The predicted octanol–water partition coefficient (Wildman–Crippen LogP) is 4.00. The molecule has 0 aliphatic carbocycles. The molecule has 0 saturated heterocycles. The molecule has 0 spiro atoms. The SMILES string of the molecule is O=S(=O)(Cl)OS(=O)(=O)OC(Cl)(Cl)c1ccc(Cl)c(Cl)c1Cl. The zero-order valence-electron chi connectivity index (χ0n) is 9.19. The highest BCUT2D eigenvalue weighted by molar-refractivity contribution is 8.14. The Kier molecular flexibility index (Phi) is 6.35. The highest BCUT2D eigenvalue weighted by Crippen LogP contribution is 2.44. The zero-order chi connectivity index (χ0) is 16.6. The average molecular weight is 459 g/mol. The highest BCUT2D eigenvalue weighted by Gasteiger charge is 2.39. The topological polar surface area (TPSA) is 86.7 Å². The van der Waals surface area contributed by atoms with Gasteiger partial charge in [-0.25, -0.2) is 4.18 Å². The third-order valence-electron chi connectivity index (χ3n) is 1.72. The summed E-state index contributed by atoms with van der Waals surface area (Å²) < 4.78 is 48.8. The van der Waals surface area contributed by atoms with Gasteiger partial charge in [-0.2, -0.15) is 16.8 Å². The monoisotopic (exact) mass is 456 g/mol. The average Bonchev–Trinajstić information content (AvgIpc) is 2.20. The molecule has 0 heterocycles. The van der Waals surface area contributed by atoms with E-state index in [0.29, 0.717) is 0 Å². The number of hydrogen-bond acceptors (Lipinski definition) is 6. The van der Waals surface area contributed by atoms with E-state index in [2.05, 4.69) is 18.5 Å². The smallest absolute Gasteiger partial charge is 0.204 e. The Morgan fingerprint density at radius 2 is 1.48 bits per heavy atom. The van der Waals surface area contributed by atoms with Crippen LogP contribution in [0.4, 0.5) is 0 Å². The molecule has 1 rings (SSSR count). The standard InChI is InChI=1S/C7H2Cl6O6S2/c8-4-2-1-3(5(9)6(4)10)7(11,12)18-21(16,17)19-20(13,14)15/h1-2H. The lowest BCUT2D eigenvalue weighted by Crippen LogP contribution is -2.23. The Morgan fingerprint density at radius 1 is 0.952 bits per heavy atom. The van der Waals surface area contributed by atoms with Gasteiger partial charge in [-0.1, -0.05) is 64.1 Å². The van der Waals surface area contributed by atoms with Gasteiger partial charge in [0.2, 0.25) is 0 Å². The molecular formula is C7H2Cl6O6S2. The molecule has 0 amide bonds. The van der Waals surface area contributed by atoms with E-state index in [-0.39, 0.29) is 20.6 Å². The second kappa shape index (κ2) is 6.72. The van der Waals surface area contributed by atoms with Crippen LogP contribution in [-0.4, -0.2) is 16.8 Å². The Bertz CT molecular complexity index is 758. The van der Waals surface area contributed by atoms with Gasteiger partial charge in [0.25, 0.3) is 4.52 Å². The summed E-state index contributed by atoms with van der Waals surface area (Å²) >= 11 is 28.5. The summed E-state index contributed by atoms with van der Waals surface area (Å²) in [7, 11) is -5.49. The first kappa shape index (κ1) is 19.8. The first-order chi connectivity index (χ1) is 9.25. The van der Waals surface area contributed by atoms with E-state index in [1.807, 2.05) is 0 Å². The van der Waals surface area contributed by atoms with Crippen LogP contribution in [0.25, 0.3) is 0 Å². The molecule has 0 aromatic heterocycles. The zero-order valence-corrected chi connectivity index (χ0v) is 15.4. The van der Waals surface area contributed by atoms with Crippen molar-refractivity contribution >= 4 is 88.4 Å². The lowest BCUT2D eigenvalue weighted by Gasteiger charge is -2.20. The van der Waals surface area contributed by atoms with E-state index < -0.39 is 24.3 Å². The summed E-state index contributed by atoms with van der Waals surface area (Å²) in [6, 6.07) is 2.32. The van der Waals surface area contributed by atoms with Crippen LogP contribution in [0.1, 0.15) is 5.56 Å². The molecule has 0 radical (unpaired) electrons. The predicted molar refractivity (Wildman–Crippen MR) is 80.7 cm³/mol. The maximum absolute atomic E-state index is 11.3. The maximum Gasteiger partial charge on any atom is 0.418 e. The van der Waals surface area contributed by atoms with E-state index in [4.69, 9.17) is 58.0 Å². The number of hydrogen-bond donors (Lipinski definition) is 0. The summed E-state index contributed by atoms with van der Waals surface area (Å²) in [4.78, 5) is 0. The van der Waals surface area contributed by atoms with Crippen LogP contribution in [0.5, 0.6) is 0 Å². The van der Waals surface area contributed by atoms with Gasteiger partial charge in [0.05, 0.1) is 25.8 Å². The van der Waals surface area contributed by atoms with Crippen LogP contribution >= 0.6 is 68.7 Å². The van der Waals surface area contributed by atoms with Crippen molar-refractivity contribution in [3.05, 3.63) is 32.8 Å². The Morgan fingerprint density at radius 3 is 1.95 bits per heavy atom. The lowest BCUT2D eigenvalue weighted by molar-refractivity contribution is 0.222. The summed E-state index contributed by atoms with van der Waals surface area (Å²) in [6.45, 7) is 0. The molecular weight excluding hydrogens is 457 g/mol. The van der Waals surface area contributed by atoms with Gasteiger partial charge in [0, 0.05) is 5.56 Å². The lowest BCUT2D eigenvalue weighted by atomic mass is 10.2. The van der Waals surface area contributed by atoms with Crippen LogP contribution in [0.15, 0.2) is 12.1 Å². The molecule has 0 aliphatic rings. The van der Waals surface area contributed by atoms with Crippen LogP contribution in [-0.2, 0) is 32.1 Å². The number of alkyl halides is 2. The third-order valence-corrected chi connectivity index (χ3v) is 5.99. The Balaban J connectivity index is 3.22. The van der Waals surface area contributed by atoms with E-state index in [1.54, 1.807) is 0 Å². The van der Waals surface area contributed by atoms with Crippen LogP contribution in [0.3, 0.4) is 0 Å². The summed E-state index contributed by atoms with van der Waals surface area (Å²) in [5, 5.41) is -0.441. The quantitative estimate of drug-likeness (QED) is 0.376. The van der Waals surface area contributed by atoms with E-state index in [9.17, 15) is 16.8 Å². The number of benzene rings is 1. The summed E-state index contributed by atoms with van der Waals surface area (Å²) in [6.07, 6.45) is 0. The van der Waals surface area contributed by atoms with Gasteiger partial charge in [0.15, 0.2) is 0 Å². The number of rotatable bonds is 5. The fraction of sp³-hybridized carbons (Fsp3) is 0.143. The highest BCUT2D eigenvalue weighted by atomic mass is 35.7. The minimum absolute atomic E-state index is 0.0389. The van der Waals surface area contributed by atoms with E-state index in [1.165, 1.54) is 6.07 Å². The van der Waals surface area contributed by atoms with Crippen molar-refractivity contribution in [1.29, 1.82) is 0 Å². The molecule has 1 aromatic carbocycles. The van der Waals surface area contributed by atoms with Gasteiger partial charge in [0.1, 0.15) is 0 Å². The summed E-state index contributed by atoms with van der Waals surface area (Å²) in [5.74, 6) is 0. The van der Waals surface area contributed by atoms with Gasteiger partial charge >= 0.3 is 19.7 Å². The molecule has 1 aromatic rings. The maximum atomic E-state index is 11.3. The molecule has 21 heavy (non-hydrogen) atoms. The van der Waals surface area contributed by atoms with Crippen molar-refractivity contribution < 1.29 is 24.6 Å². The fourth-order valence-corrected chi connectivity index (χ4v) is 4.40. The molecule has 14 heteroatoms. The molecule has 6 nitrogen and oxygen atoms in total. The first-order valence-corrected chi connectivity index (χ1v) is 9.84. The summed E-state index contributed by atoms with van der Waals surface area (Å²) in [5.41, 5.74) is -0.318. The Hall–Kier alpha value is 0.780. The molecule has 0 atom stereocenters. The second-order valence-corrected chi connectivity index (χ2v) is 9.06. The molecule has 0 fully saturated rings. The van der Waals surface area contributed by atoms with Crippen molar-refractivity contribution in [3.63, 3.8) is 0 Å². The molecule has 0 saturated carbocycles. The molecule has 120 valence electrons. The van der Waals surface area contributed by atoms with Gasteiger partial charge in [-0.3, -0.25) is 0 Å². The fourth-order valence-electron chi connectivity index (χ4n) is 1.04. The first-order valence-electron chi connectivity index (χ1n) is 4.38. The molecule has 0 N–H and O–H groups in total. The van der Waals surface area contributed by atoms with E-state index >= 15 is 0 Å². The largest absolute Gasteiger partial charge is 0.418 e. The number of halogens is 6. The van der Waals surface area contributed by atoms with Crippen molar-refractivity contribution in [2.45, 2.75) is 4.52 Å². The second-order valence-electron chi connectivity index (χ2n) is 3.19. The van der Waals surface area contributed by atoms with Crippen molar-refractivity contribution in [2.24, 2.45) is 0 Å². The minimum Gasteiger partial charge on any atom is -0.204 e. The molecule has 0 aliphatic heterocycles. The van der Waals surface area contributed by atoms with Gasteiger partial charge < -0.3 is 0 Å². The van der Waals surface area contributed by atoms with Crippen molar-refractivity contribution in [3.8, 4) is 0 Å². The minimum atomic E-state index is -5.20. The van der Waals surface area contributed by atoms with Crippen LogP contribution < -0.4 is 0 Å². The van der Waals surface area contributed by atoms with Crippen molar-refractivity contribution in [1.82, 2.24) is 0 Å². The van der Waals surface area contributed by atoms with Gasteiger partial charge in [-0.15, -0.1) is 3.63 Å². The van der Waals surface area contributed by atoms with Crippen LogP contribution in [0, 0.1) is 0 Å². The molecule has 0 bridgehead atoms.